The second kappa shape index (κ2) is 12.3. The zero-order chi connectivity index (χ0) is 20.3. The number of hydrogen-bond donors (Lipinski definition) is 0. The van der Waals surface area contributed by atoms with Crippen molar-refractivity contribution in [2.45, 2.75) is 33.2 Å². The van der Waals surface area contributed by atoms with Gasteiger partial charge in [-0.25, -0.2) is 0 Å². The van der Waals surface area contributed by atoms with Gasteiger partial charge in [0.25, 0.3) is 0 Å². The predicted molar refractivity (Wildman–Crippen MR) is 116 cm³/mol. The van der Waals surface area contributed by atoms with Crippen LogP contribution in [0.2, 0.25) is 0 Å². The van der Waals surface area contributed by atoms with Crippen LogP contribution < -0.4 is 0 Å². The molecule has 5 heteroatoms. The minimum absolute atomic E-state index is 0.372. The number of nitrogens with zero attached hydrogens (tertiary/aromatic N) is 1. The molecule has 0 saturated carbocycles. The second-order valence-corrected chi connectivity index (χ2v) is 7.38. The third-order valence-electron chi connectivity index (χ3n) is 4.20. The van der Waals surface area contributed by atoms with Crippen molar-refractivity contribution in [3.63, 3.8) is 0 Å². The summed E-state index contributed by atoms with van der Waals surface area (Å²) in [5.74, 6) is 0. The van der Waals surface area contributed by atoms with Gasteiger partial charge in [-0.05, 0) is 0 Å². The summed E-state index contributed by atoms with van der Waals surface area (Å²) in [6, 6.07) is 10.1. The van der Waals surface area contributed by atoms with E-state index in [1.165, 1.54) is 0 Å². The first-order valence-electron chi connectivity index (χ1n) is 9.11. The Hall–Kier alpha value is -1.18. The van der Waals surface area contributed by atoms with Crippen LogP contribution in [0.15, 0.2) is 72.4 Å². The quantitative estimate of drug-likeness (QED) is 0.188. The molecule has 0 unspecified atom stereocenters. The maximum atomic E-state index is 12.2. The Kier molecular flexibility index (Phi) is 10.9. The third-order valence-corrected chi connectivity index (χ3v) is 5.05. The second-order valence-electron chi connectivity index (χ2n) is 5.76. The molecule has 3 nitrogen and oxygen atoms in total. The van der Waals surface area contributed by atoms with E-state index in [9.17, 15) is 4.79 Å². The van der Waals surface area contributed by atoms with Crippen molar-refractivity contribution in [1.29, 1.82) is 0 Å². The summed E-state index contributed by atoms with van der Waals surface area (Å²) in [5, 5.41) is -0.472. The molecular formula is C22H27ClNO2Tl. The fourth-order valence-corrected chi connectivity index (χ4v) is 4.26. The Bertz CT molecular complexity index is 725. The molecule has 0 saturated heterocycles. The molecule has 0 bridgehead atoms. The van der Waals surface area contributed by atoms with Crippen LogP contribution in [0.5, 0.6) is 0 Å². The topological polar surface area (TPSA) is 29.5 Å². The molecule has 0 N–H and O–H groups in total. The van der Waals surface area contributed by atoms with Gasteiger partial charge in [-0.1, -0.05) is 13.8 Å². The van der Waals surface area contributed by atoms with Crippen molar-refractivity contribution in [3.05, 3.63) is 77.9 Å². The fourth-order valence-electron chi connectivity index (χ4n) is 3.06. The van der Waals surface area contributed by atoms with E-state index in [-0.39, 0.29) is 0 Å². The molecule has 1 amide bonds. The first-order chi connectivity index (χ1) is 13.1. The summed E-state index contributed by atoms with van der Waals surface area (Å²) < 4.78 is 5.67. The summed E-state index contributed by atoms with van der Waals surface area (Å²) in [6.45, 7) is 8.79. The standard InChI is InChI=1S/C20H21ClNO2.C2H6.Tl/c1-3-5-12-18(9-4-2)20(15-23)13-17(14-22(20)19(21)24)16-10-7-6-8-11-16;1-2;/h3-13H,14-15H2,1-2H3;1-2H3;/q-1;;+1/b5-3-,9-4-,18-12+;;/t20-;;/m1../s1. The monoisotopic (exact) mass is 577 g/mol. The van der Waals surface area contributed by atoms with E-state index in [1.807, 2.05) is 88.4 Å². The van der Waals surface area contributed by atoms with Crippen LogP contribution in [0.25, 0.3) is 5.57 Å². The summed E-state index contributed by atoms with van der Waals surface area (Å²) in [7, 11) is 0. The molecule has 0 spiro atoms. The number of allylic oxidation sites excluding steroid dienone is 4. The fraction of sp³-hybridized carbons (Fsp3) is 0.318. The number of benzene rings is 1. The first-order valence-corrected chi connectivity index (χ1v) is 11.3. The summed E-state index contributed by atoms with van der Waals surface area (Å²) in [6.07, 6.45) is 12.1. The minimum atomic E-state index is -0.690. The Morgan fingerprint density at radius 1 is 1.26 bits per heavy atom. The van der Waals surface area contributed by atoms with Crippen LogP contribution in [0.4, 0.5) is 4.79 Å². The van der Waals surface area contributed by atoms with Crippen LogP contribution in [0.1, 0.15) is 33.3 Å². The van der Waals surface area contributed by atoms with Gasteiger partial charge >= 0.3 is 172 Å². The number of halogens is 1. The van der Waals surface area contributed by atoms with Crippen molar-refractivity contribution in [1.82, 2.24) is 4.90 Å². The molecule has 1 aliphatic rings. The SMILES string of the molecule is CC.C\C=C/C=C(\C=C/C)[C@]1(C[O][Tl])C=C(c2ccccc2)CN1C(=O)Cl. The molecule has 2 rings (SSSR count). The van der Waals surface area contributed by atoms with Gasteiger partial charge in [-0.15, -0.1) is 0 Å². The molecule has 1 aromatic rings. The van der Waals surface area contributed by atoms with Crippen molar-refractivity contribution in [2.75, 3.05) is 13.2 Å². The number of amides is 1. The molecule has 0 radical (unpaired) electrons. The van der Waals surface area contributed by atoms with Crippen LogP contribution >= 0.6 is 11.6 Å². The van der Waals surface area contributed by atoms with Crippen molar-refractivity contribution in [3.8, 4) is 0 Å². The van der Waals surface area contributed by atoms with Crippen LogP contribution in [0.3, 0.4) is 0 Å². The Morgan fingerprint density at radius 3 is 2.44 bits per heavy atom. The number of hydrogen-bond acceptors (Lipinski definition) is 2. The summed E-state index contributed by atoms with van der Waals surface area (Å²) in [4.78, 5) is 13.9. The number of rotatable bonds is 6. The molecule has 27 heavy (non-hydrogen) atoms. The van der Waals surface area contributed by atoms with Gasteiger partial charge in [0, 0.05) is 0 Å². The van der Waals surface area contributed by atoms with E-state index in [4.69, 9.17) is 14.3 Å². The maximum absolute atomic E-state index is 12.2. The molecule has 1 heterocycles. The Morgan fingerprint density at radius 2 is 1.93 bits per heavy atom. The van der Waals surface area contributed by atoms with E-state index in [2.05, 4.69) is 6.08 Å². The van der Waals surface area contributed by atoms with E-state index >= 15 is 0 Å². The van der Waals surface area contributed by atoms with Gasteiger partial charge in [-0.2, -0.15) is 0 Å². The van der Waals surface area contributed by atoms with E-state index in [0.29, 0.717) is 39.4 Å². The molecule has 1 atom stereocenters. The van der Waals surface area contributed by atoms with Gasteiger partial charge in [0.1, 0.15) is 0 Å². The molecule has 0 aliphatic carbocycles. The predicted octanol–water partition coefficient (Wildman–Crippen LogP) is 5.69. The molecule has 1 aliphatic heterocycles. The van der Waals surface area contributed by atoms with Gasteiger partial charge in [0.2, 0.25) is 0 Å². The van der Waals surface area contributed by atoms with Gasteiger partial charge in [0.15, 0.2) is 0 Å². The number of carbonyl (C=O) groups excluding carboxylic acids is 1. The van der Waals surface area contributed by atoms with Crippen molar-refractivity contribution in [2.24, 2.45) is 0 Å². The first kappa shape index (κ1) is 23.9. The van der Waals surface area contributed by atoms with Crippen LogP contribution in [-0.2, 0) is 2.69 Å². The summed E-state index contributed by atoms with van der Waals surface area (Å²) in [5.41, 5.74) is 2.46. The van der Waals surface area contributed by atoms with Crippen molar-refractivity contribution >= 4 is 48.8 Å². The molecule has 1 aromatic carbocycles. The van der Waals surface area contributed by atoms with Gasteiger partial charge in [0.05, 0.1) is 0 Å². The van der Waals surface area contributed by atoms with Crippen molar-refractivity contribution < 1.29 is 7.48 Å². The Labute approximate surface area is 184 Å². The molecule has 142 valence electrons. The molecule has 0 aromatic heterocycles. The third kappa shape index (κ3) is 5.90. The molecular weight excluding hydrogens is 550 g/mol. The Balaban J connectivity index is 0.00000176. The average molecular weight is 577 g/mol. The van der Waals surface area contributed by atoms with Gasteiger partial charge in [-0.3, -0.25) is 0 Å². The number of carbonyl (C=O) groups is 1. The van der Waals surface area contributed by atoms with Gasteiger partial charge < -0.3 is 0 Å². The zero-order valence-electron chi connectivity index (χ0n) is 16.5. The van der Waals surface area contributed by atoms with E-state index < -0.39 is 10.9 Å². The normalized spacial score (nSPS) is 19.9. The van der Waals surface area contributed by atoms with Crippen LogP contribution in [-0.4, -0.2) is 55.2 Å². The van der Waals surface area contributed by atoms with E-state index in [1.54, 1.807) is 4.90 Å². The summed E-state index contributed by atoms with van der Waals surface area (Å²) >= 11 is 6.35. The average Bonchev–Trinajstić information content (AvgIpc) is 3.08. The zero-order valence-corrected chi connectivity index (χ0v) is 21.7. The van der Waals surface area contributed by atoms with Crippen LogP contribution in [0, 0.1) is 0 Å². The molecule has 0 fully saturated rings. The van der Waals surface area contributed by atoms with E-state index in [0.717, 1.165) is 16.7 Å².